The van der Waals surface area contributed by atoms with Gasteiger partial charge in [0.25, 0.3) is 0 Å². The lowest BCUT2D eigenvalue weighted by atomic mass is 9.95. The molecule has 0 aliphatic carbocycles. The summed E-state index contributed by atoms with van der Waals surface area (Å²) in [5.74, 6) is 1.76. The Bertz CT molecular complexity index is 230. The Morgan fingerprint density at radius 3 is 2.75 bits per heavy atom. The summed E-state index contributed by atoms with van der Waals surface area (Å²) in [5, 5.41) is 0. The van der Waals surface area contributed by atoms with Crippen molar-refractivity contribution >= 4 is 5.91 Å². The second-order valence-electron chi connectivity index (χ2n) is 5.25. The van der Waals surface area contributed by atoms with Crippen LogP contribution < -0.4 is 5.73 Å². The number of hydrogen-bond donors (Lipinski definition) is 1. The zero-order chi connectivity index (χ0) is 12.1. The van der Waals surface area contributed by atoms with E-state index in [4.69, 9.17) is 5.73 Å². The van der Waals surface area contributed by atoms with Crippen molar-refractivity contribution in [1.29, 1.82) is 0 Å². The van der Waals surface area contributed by atoms with Crippen molar-refractivity contribution in [2.45, 2.75) is 40.0 Å². The van der Waals surface area contributed by atoms with Crippen LogP contribution in [-0.2, 0) is 4.79 Å². The van der Waals surface area contributed by atoms with Gasteiger partial charge in [0.05, 0.1) is 0 Å². The van der Waals surface area contributed by atoms with E-state index in [-0.39, 0.29) is 5.92 Å². The number of likely N-dealkylation sites (tertiary alicyclic amines) is 1. The normalized spacial score (nSPS) is 27.1. The maximum atomic E-state index is 12.1. The van der Waals surface area contributed by atoms with Crippen LogP contribution in [0.25, 0.3) is 0 Å². The van der Waals surface area contributed by atoms with Crippen LogP contribution in [0.3, 0.4) is 0 Å². The minimum absolute atomic E-state index is 0.189. The van der Waals surface area contributed by atoms with E-state index in [2.05, 4.69) is 13.8 Å². The molecule has 1 unspecified atom stereocenters. The molecule has 1 aliphatic rings. The Balaban J connectivity index is 2.47. The van der Waals surface area contributed by atoms with Crippen LogP contribution in [0.2, 0.25) is 0 Å². The molecule has 1 aliphatic heterocycles. The fourth-order valence-corrected chi connectivity index (χ4v) is 2.67. The maximum Gasteiger partial charge on any atom is 0.225 e. The third-order valence-corrected chi connectivity index (χ3v) is 3.76. The van der Waals surface area contributed by atoms with Crippen LogP contribution in [-0.4, -0.2) is 30.4 Å². The molecule has 3 nitrogen and oxygen atoms in total. The standard InChI is InChI=1S/C13H26N2O/c1-4-5-10(2)13(16)15-8-11(3)12(9-15)6-7-14/h10-12H,4-9,14H2,1-3H3/t10?,11-,12-/m1/s1. The summed E-state index contributed by atoms with van der Waals surface area (Å²) in [6.45, 7) is 9.00. The molecule has 1 rings (SSSR count). The van der Waals surface area contributed by atoms with Gasteiger partial charge in [-0.25, -0.2) is 0 Å². The van der Waals surface area contributed by atoms with E-state index < -0.39 is 0 Å². The van der Waals surface area contributed by atoms with E-state index >= 15 is 0 Å². The Labute approximate surface area is 99.4 Å². The van der Waals surface area contributed by atoms with E-state index in [9.17, 15) is 4.79 Å². The summed E-state index contributed by atoms with van der Waals surface area (Å²) < 4.78 is 0. The molecule has 0 radical (unpaired) electrons. The van der Waals surface area contributed by atoms with E-state index in [0.717, 1.165) is 38.9 Å². The zero-order valence-electron chi connectivity index (χ0n) is 10.9. The first-order chi connectivity index (χ1) is 7.60. The molecule has 16 heavy (non-hydrogen) atoms. The van der Waals surface area contributed by atoms with Crippen molar-refractivity contribution in [2.75, 3.05) is 19.6 Å². The van der Waals surface area contributed by atoms with Gasteiger partial charge in [-0.1, -0.05) is 27.2 Å². The van der Waals surface area contributed by atoms with E-state index in [1.165, 1.54) is 0 Å². The van der Waals surface area contributed by atoms with Crippen LogP contribution >= 0.6 is 0 Å². The van der Waals surface area contributed by atoms with Gasteiger partial charge in [-0.3, -0.25) is 4.79 Å². The number of carbonyl (C=O) groups is 1. The van der Waals surface area contributed by atoms with Gasteiger partial charge in [-0.15, -0.1) is 0 Å². The third kappa shape index (κ3) is 3.21. The molecule has 0 saturated carbocycles. The molecule has 94 valence electrons. The van der Waals surface area contributed by atoms with Crippen LogP contribution in [0.5, 0.6) is 0 Å². The highest BCUT2D eigenvalue weighted by molar-refractivity contribution is 5.78. The Morgan fingerprint density at radius 1 is 1.50 bits per heavy atom. The van der Waals surface area contributed by atoms with Crippen molar-refractivity contribution in [3.05, 3.63) is 0 Å². The van der Waals surface area contributed by atoms with Gasteiger partial charge < -0.3 is 10.6 Å². The highest BCUT2D eigenvalue weighted by atomic mass is 16.2. The lowest BCUT2D eigenvalue weighted by molar-refractivity contribution is -0.134. The predicted octanol–water partition coefficient (Wildman–Crippen LogP) is 1.87. The summed E-state index contributed by atoms with van der Waals surface area (Å²) in [7, 11) is 0. The maximum absolute atomic E-state index is 12.1. The molecule has 2 N–H and O–H groups in total. The fourth-order valence-electron chi connectivity index (χ4n) is 2.67. The van der Waals surface area contributed by atoms with Crippen LogP contribution in [0.15, 0.2) is 0 Å². The Morgan fingerprint density at radius 2 is 2.19 bits per heavy atom. The van der Waals surface area contributed by atoms with Gasteiger partial charge in [0.15, 0.2) is 0 Å². The van der Waals surface area contributed by atoms with Gasteiger partial charge in [0.2, 0.25) is 5.91 Å². The average molecular weight is 226 g/mol. The fraction of sp³-hybridized carbons (Fsp3) is 0.923. The largest absolute Gasteiger partial charge is 0.342 e. The zero-order valence-corrected chi connectivity index (χ0v) is 10.9. The number of nitrogens with two attached hydrogens (primary N) is 1. The third-order valence-electron chi connectivity index (χ3n) is 3.76. The molecule has 1 fully saturated rings. The second kappa shape index (κ2) is 6.24. The summed E-state index contributed by atoms with van der Waals surface area (Å²) >= 11 is 0. The minimum atomic E-state index is 0.189. The van der Waals surface area contributed by atoms with Crippen molar-refractivity contribution in [1.82, 2.24) is 4.90 Å². The molecule has 0 aromatic carbocycles. The molecule has 0 spiro atoms. The SMILES string of the molecule is CCCC(C)C(=O)N1C[C@@H](CCN)[C@H](C)C1. The van der Waals surface area contributed by atoms with E-state index in [1.54, 1.807) is 0 Å². The number of amides is 1. The van der Waals surface area contributed by atoms with Crippen LogP contribution in [0.4, 0.5) is 0 Å². The number of nitrogens with zero attached hydrogens (tertiary/aromatic N) is 1. The number of carbonyl (C=O) groups excluding carboxylic acids is 1. The molecule has 1 amide bonds. The second-order valence-corrected chi connectivity index (χ2v) is 5.25. The van der Waals surface area contributed by atoms with Gasteiger partial charge >= 0.3 is 0 Å². The van der Waals surface area contributed by atoms with Crippen molar-refractivity contribution in [2.24, 2.45) is 23.5 Å². The van der Waals surface area contributed by atoms with Crippen molar-refractivity contribution < 1.29 is 4.79 Å². The van der Waals surface area contributed by atoms with Crippen molar-refractivity contribution in [3.63, 3.8) is 0 Å². The minimum Gasteiger partial charge on any atom is -0.342 e. The lowest BCUT2D eigenvalue weighted by Gasteiger charge is -2.20. The molecule has 1 saturated heterocycles. The molecular weight excluding hydrogens is 200 g/mol. The van der Waals surface area contributed by atoms with Gasteiger partial charge in [0, 0.05) is 19.0 Å². The summed E-state index contributed by atoms with van der Waals surface area (Å²) in [4.78, 5) is 14.2. The quantitative estimate of drug-likeness (QED) is 0.778. The van der Waals surface area contributed by atoms with E-state index in [0.29, 0.717) is 17.7 Å². The van der Waals surface area contributed by atoms with E-state index in [1.807, 2.05) is 11.8 Å². The monoisotopic (exact) mass is 226 g/mol. The average Bonchev–Trinajstić information content (AvgIpc) is 2.60. The highest BCUT2D eigenvalue weighted by Gasteiger charge is 2.33. The number of rotatable bonds is 5. The molecule has 0 aromatic heterocycles. The van der Waals surface area contributed by atoms with Crippen LogP contribution in [0, 0.1) is 17.8 Å². The lowest BCUT2D eigenvalue weighted by Crippen LogP contribution is -2.33. The van der Waals surface area contributed by atoms with Crippen molar-refractivity contribution in [3.8, 4) is 0 Å². The van der Waals surface area contributed by atoms with Gasteiger partial charge in [-0.2, -0.15) is 0 Å². The Kier molecular flexibility index (Phi) is 5.26. The first-order valence-electron chi connectivity index (χ1n) is 6.59. The molecule has 1 heterocycles. The molecule has 0 bridgehead atoms. The molecule has 3 heteroatoms. The Hall–Kier alpha value is -0.570. The topological polar surface area (TPSA) is 46.3 Å². The first kappa shape index (κ1) is 13.5. The number of hydrogen-bond acceptors (Lipinski definition) is 2. The molecule has 0 aromatic rings. The predicted molar refractivity (Wildman–Crippen MR) is 67.0 cm³/mol. The highest BCUT2D eigenvalue weighted by Crippen LogP contribution is 2.27. The van der Waals surface area contributed by atoms with Gasteiger partial charge in [0.1, 0.15) is 0 Å². The molecule has 3 atom stereocenters. The summed E-state index contributed by atoms with van der Waals surface area (Å²) in [6.07, 6.45) is 3.14. The smallest absolute Gasteiger partial charge is 0.225 e. The first-order valence-corrected chi connectivity index (χ1v) is 6.59. The van der Waals surface area contributed by atoms with Crippen LogP contribution in [0.1, 0.15) is 40.0 Å². The van der Waals surface area contributed by atoms with Gasteiger partial charge in [-0.05, 0) is 31.2 Å². The summed E-state index contributed by atoms with van der Waals surface area (Å²) in [6, 6.07) is 0. The molecular formula is C13H26N2O. The summed E-state index contributed by atoms with van der Waals surface area (Å²) in [5.41, 5.74) is 5.60.